The van der Waals surface area contributed by atoms with Gasteiger partial charge < -0.3 is 14.9 Å². The molecular formula is C15H18FN5O3. The molecule has 1 atom stereocenters. The quantitative estimate of drug-likeness (QED) is 0.653. The van der Waals surface area contributed by atoms with Crippen molar-refractivity contribution in [3.8, 4) is 0 Å². The smallest absolute Gasteiger partial charge is 0.306 e. The summed E-state index contributed by atoms with van der Waals surface area (Å²) in [4.78, 5) is 14.1. The van der Waals surface area contributed by atoms with E-state index in [1.54, 1.807) is 6.07 Å². The zero-order valence-corrected chi connectivity index (χ0v) is 13.2. The summed E-state index contributed by atoms with van der Waals surface area (Å²) in [6, 6.07) is 4.57. The normalized spacial score (nSPS) is 15.3. The predicted octanol–water partition coefficient (Wildman–Crippen LogP) is 1.25. The molecule has 0 bridgehead atoms. The average molecular weight is 335 g/mol. The molecule has 1 aromatic carbocycles. The minimum atomic E-state index is -0.759. The molecule has 128 valence electrons. The fraction of sp³-hybridized carbons (Fsp3) is 0.400. The van der Waals surface area contributed by atoms with E-state index in [1.165, 1.54) is 23.0 Å². The topological polar surface area (TPSA) is 87.7 Å². The lowest BCUT2D eigenvalue weighted by Gasteiger charge is -2.38. The van der Waals surface area contributed by atoms with Gasteiger partial charge in [0.2, 0.25) is 0 Å². The van der Waals surface area contributed by atoms with E-state index < -0.39 is 11.0 Å². The molecule has 1 aromatic heterocycles. The Kier molecular flexibility index (Phi) is 4.34. The molecule has 0 aliphatic carbocycles. The minimum Gasteiger partial charge on any atom is -0.389 e. The van der Waals surface area contributed by atoms with Crippen molar-refractivity contribution in [1.29, 1.82) is 0 Å². The zero-order chi connectivity index (χ0) is 17.3. The van der Waals surface area contributed by atoms with Gasteiger partial charge in [-0.25, -0.2) is 4.39 Å². The highest BCUT2D eigenvalue weighted by Gasteiger charge is 2.23. The van der Waals surface area contributed by atoms with E-state index in [1.807, 2.05) is 16.8 Å². The molecule has 3 rings (SSSR count). The van der Waals surface area contributed by atoms with Crippen molar-refractivity contribution in [3.63, 3.8) is 0 Å². The van der Waals surface area contributed by atoms with Crippen molar-refractivity contribution in [2.45, 2.75) is 12.6 Å². The number of rotatable bonds is 5. The van der Waals surface area contributed by atoms with E-state index in [9.17, 15) is 19.6 Å². The van der Waals surface area contributed by atoms with Gasteiger partial charge in [0.25, 0.3) is 0 Å². The third-order valence-electron chi connectivity index (χ3n) is 4.05. The highest BCUT2D eigenvalue weighted by molar-refractivity contribution is 5.73. The number of β-amino-alcohol motifs (C(OH)–C–C–N with tert-alkyl or cyclic N) is 1. The van der Waals surface area contributed by atoms with E-state index in [4.69, 9.17) is 0 Å². The van der Waals surface area contributed by atoms with Gasteiger partial charge in [-0.1, -0.05) is 0 Å². The lowest BCUT2D eigenvalue weighted by Crippen LogP contribution is -2.43. The van der Waals surface area contributed by atoms with Gasteiger partial charge in [0, 0.05) is 26.7 Å². The minimum absolute atomic E-state index is 0.109. The summed E-state index contributed by atoms with van der Waals surface area (Å²) >= 11 is 0. The number of hydrogen-bond donors (Lipinski definition) is 1. The van der Waals surface area contributed by atoms with Crippen LogP contribution in [0.3, 0.4) is 0 Å². The number of likely N-dealkylation sites (N-methyl/N-ethyl adjacent to an activating group) is 1. The number of anilines is 2. The molecule has 2 aromatic rings. The van der Waals surface area contributed by atoms with Gasteiger partial charge in [-0.05, 0) is 18.2 Å². The highest BCUT2D eigenvalue weighted by atomic mass is 19.1. The summed E-state index contributed by atoms with van der Waals surface area (Å²) in [6.45, 7) is 1.90. The van der Waals surface area contributed by atoms with Crippen LogP contribution in [0.4, 0.5) is 21.5 Å². The van der Waals surface area contributed by atoms with Crippen LogP contribution in [0, 0.1) is 15.9 Å². The summed E-state index contributed by atoms with van der Waals surface area (Å²) in [5.74, 6) is -0.299. The molecule has 1 aliphatic rings. The standard InChI is InChI=1S/C15H18FN5O3/c1-18-4-5-19(14-3-2-11(16)6-15(14)18)9-13(22)10-20-8-12(7-17-20)21(23)24/h2-3,6-8,13,22H,4-5,9-10H2,1H3. The Morgan fingerprint density at radius 2 is 2.17 bits per heavy atom. The Hall–Kier alpha value is -2.68. The van der Waals surface area contributed by atoms with Crippen molar-refractivity contribution in [3.05, 3.63) is 46.5 Å². The number of aliphatic hydroxyl groups is 1. The molecule has 1 unspecified atom stereocenters. The van der Waals surface area contributed by atoms with Gasteiger partial charge in [0.1, 0.15) is 18.2 Å². The van der Waals surface area contributed by atoms with Crippen molar-refractivity contribution in [2.24, 2.45) is 0 Å². The van der Waals surface area contributed by atoms with E-state index in [0.717, 1.165) is 24.1 Å². The SMILES string of the molecule is CN1CCN(CC(O)Cn2cc([N+](=O)[O-])cn2)c2ccc(F)cc21. The molecule has 24 heavy (non-hydrogen) atoms. The molecule has 2 heterocycles. The second kappa shape index (κ2) is 6.44. The maximum Gasteiger partial charge on any atom is 0.306 e. The second-order valence-corrected chi connectivity index (χ2v) is 5.83. The van der Waals surface area contributed by atoms with Crippen molar-refractivity contribution >= 4 is 17.1 Å². The first-order valence-corrected chi connectivity index (χ1v) is 7.54. The first-order valence-electron chi connectivity index (χ1n) is 7.54. The van der Waals surface area contributed by atoms with Gasteiger partial charge in [0.05, 0.1) is 28.9 Å². The Morgan fingerprint density at radius 1 is 1.38 bits per heavy atom. The summed E-state index contributed by atoms with van der Waals surface area (Å²) in [5, 5.41) is 24.8. The number of nitro groups is 1. The molecule has 0 radical (unpaired) electrons. The second-order valence-electron chi connectivity index (χ2n) is 5.83. The van der Waals surface area contributed by atoms with Crippen LogP contribution in [0.2, 0.25) is 0 Å². The average Bonchev–Trinajstić information content (AvgIpc) is 2.99. The third-order valence-corrected chi connectivity index (χ3v) is 4.05. The van der Waals surface area contributed by atoms with Crippen molar-refractivity contribution in [2.75, 3.05) is 36.5 Å². The lowest BCUT2D eigenvalue weighted by molar-refractivity contribution is -0.385. The molecule has 0 fully saturated rings. The summed E-state index contributed by atoms with van der Waals surface area (Å²) in [5.41, 5.74) is 1.53. The van der Waals surface area contributed by atoms with Gasteiger partial charge in [-0.2, -0.15) is 5.10 Å². The summed E-state index contributed by atoms with van der Waals surface area (Å²) in [6.07, 6.45) is 1.68. The van der Waals surface area contributed by atoms with Crippen LogP contribution in [0.1, 0.15) is 0 Å². The van der Waals surface area contributed by atoms with Gasteiger partial charge in [-0.15, -0.1) is 0 Å². The first kappa shape index (κ1) is 16.2. The van der Waals surface area contributed by atoms with E-state index in [2.05, 4.69) is 5.10 Å². The Labute approximate surface area is 137 Å². The van der Waals surface area contributed by atoms with Crippen LogP contribution in [-0.2, 0) is 6.54 Å². The molecule has 0 saturated carbocycles. The Balaban J connectivity index is 1.69. The van der Waals surface area contributed by atoms with E-state index in [-0.39, 0.29) is 18.0 Å². The summed E-state index contributed by atoms with van der Waals surface area (Å²) in [7, 11) is 1.90. The maximum absolute atomic E-state index is 13.5. The largest absolute Gasteiger partial charge is 0.389 e. The van der Waals surface area contributed by atoms with Crippen LogP contribution < -0.4 is 9.80 Å². The molecule has 8 nitrogen and oxygen atoms in total. The van der Waals surface area contributed by atoms with Gasteiger partial charge >= 0.3 is 5.69 Å². The molecule has 0 spiro atoms. The maximum atomic E-state index is 13.5. The van der Waals surface area contributed by atoms with Crippen LogP contribution in [-0.4, -0.2) is 52.6 Å². The van der Waals surface area contributed by atoms with E-state index >= 15 is 0 Å². The number of aliphatic hydroxyl groups excluding tert-OH is 1. The Morgan fingerprint density at radius 3 is 2.88 bits per heavy atom. The van der Waals surface area contributed by atoms with Gasteiger partial charge in [-0.3, -0.25) is 14.8 Å². The van der Waals surface area contributed by atoms with Crippen molar-refractivity contribution in [1.82, 2.24) is 9.78 Å². The highest BCUT2D eigenvalue weighted by Crippen LogP contribution is 2.32. The monoisotopic (exact) mass is 335 g/mol. The molecule has 0 saturated heterocycles. The number of fused-ring (bicyclic) bond motifs is 1. The molecule has 1 aliphatic heterocycles. The zero-order valence-electron chi connectivity index (χ0n) is 13.2. The van der Waals surface area contributed by atoms with Gasteiger partial charge in [0.15, 0.2) is 0 Å². The Bertz CT molecular complexity index is 750. The van der Waals surface area contributed by atoms with Crippen LogP contribution in [0.25, 0.3) is 0 Å². The summed E-state index contributed by atoms with van der Waals surface area (Å²) < 4.78 is 14.8. The fourth-order valence-electron chi connectivity index (χ4n) is 2.85. The van der Waals surface area contributed by atoms with E-state index in [0.29, 0.717) is 13.1 Å². The number of aromatic nitrogens is 2. The first-order chi connectivity index (χ1) is 11.4. The van der Waals surface area contributed by atoms with Crippen molar-refractivity contribution < 1.29 is 14.4 Å². The molecular weight excluding hydrogens is 317 g/mol. The predicted molar refractivity (Wildman–Crippen MR) is 86.8 cm³/mol. The number of hydrogen-bond acceptors (Lipinski definition) is 6. The number of halogens is 1. The van der Waals surface area contributed by atoms with Crippen LogP contribution in [0.5, 0.6) is 0 Å². The molecule has 1 N–H and O–H groups in total. The number of benzene rings is 1. The third kappa shape index (κ3) is 3.30. The lowest BCUT2D eigenvalue weighted by atomic mass is 10.1. The molecule has 0 amide bonds. The van der Waals surface area contributed by atoms with Crippen LogP contribution in [0.15, 0.2) is 30.6 Å². The fourth-order valence-corrected chi connectivity index (χ4v) is 2.85. The molecule has 9 heteroatoms. The number of nitrogens with zero attached hydrogens (tertiary/aromatic N) is 5. The van der Waals surface area contributed by atoms with Crippen LogP contribution >= 0.6 is 0 Å².